The molecule has 0 saturated carbocycles. The van der Waals surface area contributed by atoms with E-state index in [2.05, 4.69) is 5.32 Å². The number of esters is 1. The maximum atomic E-state index is 13.4. The number of hydrogen-bond acceptors (Lipinski definition) is 4. The van der Waals surface area contributed by atoms with Gasteiger partial charge in [0.2, 0.25) is 0 Å². The van der Waals surface area contributed by atoms with E-state index in [0.29, 0.717) is 4.88 Å². The Morgan fingerprint density at radius 1 is 1.22 bits per heavy atom. The molecule has 1 heterocycles. The molecule has 7 heteroatoms. The van der Waals surface area contributed by atoms with Gasteiger partial charge in [-0.1, -0.05) is 6.07 Å². The van der Waals surface area contributed by atoms with E-state index in [1.54, 1.807) is 6.07 Å². The van der Waals surface area contributed by atoms with E-state index in [1.165, 1.54) is 22.3 Å². The Balaban J connectivity index is 1.57. The Kier molecular flexibility index (Phi) is 4.38. The molecule has 120 valence electrons. The molecule has 0 unspecified atom stereocenters. The number of nitrogens with one attached hydrogen (secondary N) is 1. The number of anilines is 1. The summed E-state index contributed by atoms with van der Waals surface area (Å²) in [4.78, 5) is 25.2. The second-order valence-electron chi connectivity index (χ2n) is 5.13. The van der Waals surface area contributed by atoms with Crippen LogP contribution in [-0.2, 0) is 22.4 Å². The number of rotatable bonds is 4. The van der Waals surface area contributed by atoms with Crippen molar-refractivity contribution in [2.24, 2.45) is 0 Å². The first-order valence-corrected chi connectivity index (χ1v) is 7.89. The fourth-order valence-corrected chi connectivity index (χ4v) is 3.57. The lowest BCUT2D eigenvalue weighted by molar-refractivity contribution is -0.119. The molecule has 2 aromatic rings. The summed E-state index contributed by atoms with van der Waals surface area (Å²) in [7, 11) is 0. The lowest BCUT2D eigenvalue weighted by Gasteiger charge is -2.07. The van der Waals surface area contributed by atoms with E-state index in [0.717, 1.165) is 37.0 Å². The van der Waals surface area contributed by atoms with Gasteiger partial charge < -0.3 is 10.1 Å². The molecule has 1 aromatic heterocycles. The molecular weight excluding hydrogens is 324 g/mol. The number of ether oxygens (including phenoxy) is 1. The fraction of sp³-hybridized carbons (Fsp3) is 0.250. The van der Waals surface area contributed by atoms with Crippen LogP contribution in [0, 0.1) is 11.6 Å². The van der Waals surface area contributed by atoms with E-state index in [1.807, 2.05) is 0 Å². The zero-order valence-corrected chi connectivity index (χ0v) is 12.8. The standard InChI is InChI=1S/C16H13F2NO3S/c17-10-4-2-5-11(18)15(10)19-14(20)8-22-16(21)13-7-9-3-1-6-12(9)23-13/h2,4-5,7H,1,3,6,8H2,(H,19,20). The lowest BCUT2D eigenvalue weighted by atomic mass is 10.2. The number of amides is 1. The minimum atomic E-state index is -0.889. The van der Waals surface area contributed by atoms with Gasteiger partial charge in [-0.05, 0) is 43.0 Å². The summed E-state index contributed by atoms with van der Waals surface area (Å²) in [5.74, 6) is -3.18. The zero-order valence-electron chi connectivity index (χ0n) is 12.0. The molecule has 1 aliphatic rings. The molecule has 1 amide bonds. The van der Waals surface area contributed by atoms with Gasteiger partial charge in [-0.3, -0.25) is 4.79 Å². The number of carbonyl (C=O) groups is 2. The molecule has 0 aliphatic heterocycles. The van der Waals surface area contributed by atoms with Crippen molar-refractivity contribution in [3.05, 3.63) is 51.2 Å². The predicted molar refractivity (Wildman–Crippen MR) is 81.6 cm³/mol. The van der Waals surface area contributed by atoms with Gasteiger partial charge in [0, 0.05) is 4.88 Å². The van der Waals surface area contributed by atoms with Crippen molar-refractivity contribution in [1.29, 1.82) is 0 Å². The Morgan fingerprint density at radius 3 is 2.65 bits per heavy atom. The third kappa shape index (κ3) is 3.39. The summed E-state index contributed by atoms with van der Waals surface area (Å²) in [5, 5.41) is 2.06. The molecule has 0 fully saturated rings. The number of aryl methyl sites for hydroxylation is 2. The fourth-order valence-electron chi connectivity index (χ4n) is 2.42. The normalized spacial score (nSPS) is 12.8. The molecule has 1 aromatic carbocycles. The molecule has 1 N–H and O–H groups in total. The maximum absolute atomic E-state index is 13.4. The van der Waals surface area contributed by atoms with E-state index < -0.39 is 35.8 Å². The van der Waals surface area contributed by atoms with Crippen LogP contribution in [0.1, 0.15) is 26.5 Å². The third-order valence-electron chi connectivity index (χ3n) is 3.51. The Bertz CT molecular complexity index is 731. The number of benzene rings is 1. The molecule has 4 nitrogen and oxygen atoms in total. The van der Waals surface area contributed by atoms with Crippen molar-refractivity contribution in [1.82, 2.24) is 0 Å². The van der Waals surface area contributed by atoms with Crippen LogP contribution in [-0.4, -0.2) is 18.5 Å². The van der Waals surface area contributed by atoms with Gasteiger partial charge in [0.25, 0.3) is 5.91 Å². The second-order valence-corrected chi connectivity index (χ2v) is 6.27. The molecule has 0 spiro atoms. The highest BCUT2D eigenvalue weighted by Gasteiger charge is 2.20. The number of para-hydroxylation sites is 1. The molecule has 0 bridgehead atoms. The van der Waals surface area contributed by atoms with Crippen LogP contribution in [0.25, 0.3) is 0 Å². The van der Waals surface area contributed by atoms with Gasteiger partial charge in [0.1, 0.15) is 22.2 Å². The first kappa shape index (κ1) is 15.6. The lowest BCUT2D eigenvalue weighted by Crippen LogP contribution is -2.21. The first-order chi connectivity index (χ1) is 11.0. The van der Waals surface area contributed by atoms with Gasteiger partial charge in [-0.15, -0.1) is 11.3 Å². The predicted octanol–water partition coefficient (Wildman–Crippen LogP) is 3.31. The monoisotopic (exact) mass is 337 g/mol. The maximum Gasteiger partial charge on any atom is 0.348 e. The molecule has 0 saturated heterocycles. The van der Waals surface area contributed by atoms with Crippen LogP contribution in [0.5, 0.6) is 0 Å². The Hall–Kier alpha value is -2.28. The summed E-state index contributed by atoms with van der Waals surface area (Å²) >= 11 is 1.36. The molecule has 0 radical (unpaired) electrons. The molecular formula is C16H13F2NO3S. The summed E-state index contributed by atoms with van der Waals surface area (Å²) < 4.78 is 31.7. The summed E-state index contributed by atoms with van der Waals surface area (Å²) in [6.07, 6.45) is 3.00. The van der Waals surface area contributed by atoms with E-state index in [-0.39, 0.29) is 0 Å². The van der Waals surface area contributed by atoms with E-state index >= 15 is 0 Å². The Labute approximate surface area is 135 Å². The average molecular weight is 337 g/mol. The van der Waals surface area contributed by atoms with Gasteiger partial charge in [-0.25, -0.2) is 13.6 Å². The zero-order chi connectivity index (χ0) is 16.4. The van der Waals surface area contributed by atoms with Crippen LogP contribution in [0.2, 0.25) is 0 Å². The van der Waals surface area contributed by atoms with Crippen molar-refractivity contribution in [2.75, 3.05) is 11.9 Å². The van der Waals surface area contributed by atoms with Crippen LogP contribution < -0.4 is 5.32 Å². The highest BCUT2D eigenvalue weighted by atomic mass is 32.1. The summed E-state index contributed by atoms with van der Waals surface area (Å²) in [6.45, 7) is -0.602. The van der Waals surface area contributed by atoms with Crippen molar-refractivity contribution in [2.45, 2.75) is 19.3 Å². The van der Waals surface area contributed by atoms with Crippen molar-refractivity contribution >= 4 is 28.9 Å². The molecule has 1 aliphatic carbocycles. The minimum Gasteiger partial charge on any atom is -0.451 e. The number of thiophene rings is 1. The van der Waals surface area contributed by atoms with Crippen LogP contribution >= 0.6 is 11.3 Å². The smallest absolute Gasteiger partial charge is 0.348 e. The average Bonchev–Trinajstić information content (AvgIpc) is 3.10. The Morgan fingerprint density at radius 2 is 1.96 bits per heavy atom. The second kappa shape index (κ2) is 6.45. The van der Waals surface area contributed by atoms with Crippen LogP contribution in [0.3, 0.4) is 0 Å². The topological polar surface area (TPSA) is 55.4 Å². The van der Waals surface area contributed by atoms with Crippen molar-refractivity contribution in [3.8, 4) is 0 Å². The quantitative estimate of drug-likeness (QED) is 0.871. The van der Waals surface area contributed by atoms with Crippen LogP contribution in [0.15, 0.2) is 24.3 Å². The number of carbonyl (C=O) groups excluding carboxylic acids is 2. The number of fused-ring (bicyclic) bond motifs is 1. The van der Waals surface area contributed by atoms with Gasteiger partial charge in [-0.2, -0.15) is 0 Å². The van der Waals surface area contributed by atoms with E-state index in [9.17, 15) is 18.4 Å². The summed E-state index contributed by atoms with van der Waals surface area (Å²) in [5.41, 5.74) is 0.600. The third-order valence-corrected chi connectivity index (χ3v) is 4.73. The summed E-state index contributed by atoms with van der Waals surface area (Å²) in [6, 6.07) is 5.02. The minimum absolute atomic E-state index is 0.444. The van der Waals surface area contributed by atoms with Gasteiger partial charge in [0.15, 0.2) is 6.61 Å². The van der Waals surface area contributed by atoms with E-state index in [4.69, 9.17) is 4.74 Å². The highest BCUT2D eigenvalue weighted by Crippen LogP contribution is 2.30. The largest absolute Gasteiger partial charge is 0.451 e. The number of halogens is 2. The number of hydrogen-bond donors (Lipinski definition) is 1. The molecule has 3 rings (SSSR count). The van der Waals surface area contributed by atoms with Crippen LogP contribution in [0.4, 0.5) is 14.5 Å². The van der Waals surface area contributed by atoms with Gasteiger partial charge in [0.05, 0.1) is 0 Å². The SMILES string of the molecule is O=C(COC(=O)c1cc2c(s1)CCC2)Nc1c(F)cccc1F. The first-order valence-electron chi connectivity index (χ1n) is 7.07. The van der Waals surface area contributed by atoms with Crippen molar-refractivity contribution < 1.29 is 23.1 Å². The molecule has 0 atom stereocenters. The van der Waals surface area contributed by atoms with Crippen molar-refractivity contribution in [3.63, 3.8) is 0 Å². The highest BCUT2D eigenvalue weighted by molar-refractivity contribution is 7.14. The molecule has 23 heavy (non-hydrogen) atoms. The van der Waals surface area contributed by atoms with Gasteiger partial charge >= 0.3 is 5.97 Å².